The van der Waals surface area contributed by atoms with Crippen LogP contribution in [-0.4, -0.2) is 19.3 Å². The van der Waals surface area contributed by atoms with Gasteiger partial charge in [-0.25, -0.2) is 0 Å². The van der Waals surface area contributed by atoms with Crippen molar-refractivity contribution in [2.45, 2.75) is 44.8 Å². The second-order valence-electron chi connectivity index (χ2n) is 4.77. The van der Waals surface area contributed by atoms with Crippen LogP contribution in [0.5, 0.6) is 0 Å². The molecule has 0 aromatic heterocycles. The van der Waals surface area contributed by atoms with Gasteiger partial charge in [-0.1, -0.05) is 34.8 Å². The van der Waals surface area contributed by atoms with Crippen LogP contribution in [0.25, 0.3) is 0 Å². The molecule has 1 aromatic rings. The highest BCUT2D eigenvalue weighted by Gasteiger charge is 2.24. The van der Waals surface area contributed by atoms with Crippen molar-refractivity contribution in [3.8, 4) is 0 Å². The molecule has 0 aliphatic heterocycles. The Kier molecular flexibility index (Phi) is 4.46. The lowest BCUT2D eigenvalue weighted by Gasteiger charge is -2.32. The van der Waals surface area contributed by atoms with Gasteiger partial charge in [-0.3, -0.25) is 0 Å². The first-order valence-electron chi connectivity index (χ1n) is 6.26. The van der Waals surface area contributed by atoms with Crippen LogP contribution in [0.2, 0.25) is 0 Å². The van der Waals surface area contributed by atoms with Crippen LogP contribution >= 0.6 is 15.9 Å². The zero-order valence-electron chi connectivity index (χ0n) is 10.5. The number of aryl methyl sites for hydroxylation is 1. The van der Waals surface area contributed by atoms with Crippen LogP contribution < -0.4 is 5.32 Å². The Hall–Kier alpha value is -0.540. The molecule has 94 valence electrons. The zero-order valence-corrected chi connectivity index (χ0v) is 12.1. The molecule has 1 aromatic carbocycles. The van der Waals surface area contributed by atoms with Gasteiger partial charge in [0.05, 0.1) is 12.1 Å². The Labute approximate surface area is 112 Å². The van der Waals surface area contributed by atoms with Gasteiger partial charge in [0.1, 0.15) is 0 Å². The van der Waals surface area contributed by atoms with Crippen molar-refractivity contribution in [1.29, 1.82) is 0 Å². The normalized spacial score (nSPS) is 24.6. The molecule has 2 unspecified atom stereocenters. The molecule has 1 saturated carbocycles. The van der Waals surface area contributed by atoms with Crippen molar-refractivity contribution >= 4 is 21.6 Å². The fourth-order valence-electron chi connectivity index (χ4n) is 2.49. The molecule has 2 rings (SSSR count). The predicted molar refractivity (Wildman–Crippen MR) is 75.6 cm³/mol. The summed E-state index contributed by atoms with van der Waals surface area (Å²) in [6, 6.07) is 6.81. The van der Waals surface area contributed by atoms with E-state index < -0.39 is 0 Å². The van der Waals surface area contributed by atoms with Crippen molar-refractivity contribution in [2.24, 2.45) is 0 Å². The molecule has 0 amide bonds. The summed E-state index contributed by atoms with van der Waals surface area (Å²) in [6.07, 6.45) is 5.30. The van der Waals surface area contributed by atoms with E-state index >= 15 is 0 Å². The number of hydrogen-bond acceptors (Lipinski definition) is 2. The molecule has 0 radical (unpaired) electrons. The zero-order chi connectivity index (χ0) is 12.3. The average molecular weight is 298 g/mol. The van der Waals surface area contributed by atoms with Gasteiger partial charge in [0.25, 0.3) is 0 Å². The monoisotopic (exact) mass is 297 g/mol. The van der Waals surface area contributed by atoms with E-state index in [0.717, 1.165) is 4.47 Å². The maximum Gasteiger partial charge on any atom is 0.0772 e. The first-order valence-corrected chi connectivity index (χ1v) is 7.05. The van der Waals surface area contributed by atoms with E-state index in [0.29, 0.717) is 12.1 Å². The van der Waals surface area contributed by atoms with E-state index in [9.17, 15) is 0 Å². The van der Waals surface area contributed by atoms with Gasteiger partial charge in [0.2, 0.25) is 0 Å². The molecule has 1 fully saturated rings. The highest BCUT2D eigenvalue weighted by Crippen LogP contribution is 2.27. The van der Waals surface area contributed by atoms with Crippen molar-refractivity contribution < 1.29 is 4.74 Å². The second kappa shape index (κ2) is 5.87. The topological polar surface area (TPSA) is 21.3 Å². The van der Waals surface area contributed by atoms with Crippen LogP contribution in [-0.2, 0) is 4.74 Å². The molecule has 1 aliphatic carbocycles. The molecule has 2 atom stereocenters. The van der Waals surface area contributed by atoms with Crippen LogP contribution in [0.15, 0.2) is 22.7 Å². The maximum atomic E-state index is 5.57. The van der Waals surface area contributed by atoms with E-state index in [1.165, 1.54) is 36.9 Å². The summed E-state index contributed by atoms with van der Waals surface area (Å²) < 4.78 is 6.69. The molecule has 1 aliphatic rings. The molecular formula is C14H20BrNO. The van der Waals surface area contributed by atoms with Gasteiger partial charge in [-0.05, 0) is 37.5 Å². The Balaban J connectivity index is 2.10. The van der Waals surface area contributed by atoms with Crippen molar-refractivity contribution in [1.82, 2.24) is 0 Å². The SMILES string of the molecule is COC1CCCCC1Nc1cc(Br)ccc1C. The number of hydrogen-bond donors (Lipinski definition) is 1. The number of methoxy groups -OCH3 is 1. The summed E-state index contributed by atoms with van der Waals surface area (Å²) >= 11 is 3.52. The Morgan fingerprint density at radius 1 is 1.29 bits per heavy atom. The van der Waals surface area contributed by atoms with Crippen molar-refractivity contribution in [3.05, 3.63) is 28.2 Å². The molecular weight excluding hydrogens is 278 g/mol. The maximum absolute atomic E-state index is 5.57. The minimum Gasteiger partial charge on any atom is -0.379 e. The van der Waals surface area contributed by atoms with E-state index in [1.54, 1.807) is 0 Å². The fraction of sp³-hybridized carbons (Fsp3) is 0.571. The molecule has 0 saturated heterocycles. The Bertz CT molecular complexity index is 380. The number of benzene rings is 1. The average Bonchev–Trinajstić information content (AvgIpc) is 2.34. The number of nitrogens with one attached hydrogen (secondary N) is 1. The second-order valence-corrected chi connectivity index (χ2v) is 5.68. The van der Waals surface area contributed by atoms with E-state index in [-0.39, 0.29) is 0 Å². The molecule has 1 N–H and O–H groups in total. The highest BCUT2D eigenvalue weighted by atomic mass is 79.9. The first-order chi connectivity index (χ1) is 8.20. The van der Waals surface area contributed by atoms with Crippen LogP contribution in [0.3, 0.4) is 0 Å². The number of rotatable bonds is 3. The van der Waals surface area contributed by atoms with Crippen LogP contribution in [0.1, 0.15) is 31.2 Å². The van der Waals surface area contributed by atoms with E-state index in [4.69, 9.17) is 4.74 Å². The standard InChI is InChI=1S/C14H20BrNO/c1-10-7-8-11(15)9-13(10)16-12-5-3-4-6-14(12)17-2/h7-9,12,14,16H,3-6H2,1-2H3. The summed E-state index contributed by atoms with van der Waals surface area (Å²) in [4.78, 5) is 0. The lowest BCUT2D eigenvalue weighted by molar-refractivity contribution is 0.0606. The molecule has 17 heavy (non-hydrogen) atoms. The predicted octanol–water partition coefficient (Wildman–Crippen LogP) is 4.13. The third kappa shape index (κ3) is 3.23. The molecule has 0 bridgehead atoms. The van der Waals surface area contributed by atoms with E-state index in [1.807, 2.05) is 7.11 Å². The molecule has 0 spiro atoms. The summed E-state index contributed by atoms with van der Waals surface area (Å²) in [6.45, 7) is 2.14. The molecule has 0 heterocycles. The Morgan fingerprint density at radius 3 is 2.82 bits per heavy atom. The fourth-order valence-corrected chi connectivity index (χ4v) is 2.85. The lowest BCUT2D eigenvalue weighted by Crippen LogP contribution is -2.37. The third-order valence-corrected chi connectivity index (χ3v) is 4.04. The summed E-state index contributed by atoms with van der Waals surface area (Å²) in [5.41, 5.74) is 2.50. The summed E-state index contributed by atoms with van der Waals surface area (Å²) in [5, 5.41) is 3.64. The highest BCUT2D eigenvalue weighted by molar-refractivity contribution is 9.10. The van der Waals surface area contributed by atoms with Crippen molar-refractivity contribution in [3.63, 3.8) is 0 Å². The van der Waals surface area contributed by atoms with Gasteiger partial charge in [0, 0.05) is 17.3 Å². The largest absolute Gasteiger partial charge is 0.379 e. The van der Waals surface area contributed by atoms with Crippen LogP contribution in [0.4, 0.5) is 5.69 Å². The minimum absolute atomic E-state index is 0.349. The van der Waals surface area contributed by atoms with Gasteiger partial charge in [-0.2, -0.15) is 0 Å². The van der Waals surface area contributed by atoms with Crippen molar-refractivity contribution in [2.75, 3.05) is 12.4 Å². The first kappa shape index (κ1) is 12.9. The van der Waals surface area contributed by atoms with Gasteiger partial charge in [0.15, 0.2) is 0 Å². The van der Waals surface area contributed by atoms with Gasteiger partial charge >= 0.3 is 0 Å². The van der Waals surface area contributed by atoms with Gasteiger partial charge < -0.3 is 10.1 Å². The Morgan fingerprint density at radius 2 is 2.06 bits per heavy atom. The molecule has 3 heteroatoms. The minimum atomic E-state index is 0.349. The smallest absolute Gasteiger partial charge is 0.0772 e. The number of halogens is 1. The molecule has 2 nitrogen and oxygen atoms in total. The quantitative estimate of drug-likeness (QED) is 0.906. The third-order valence-electron chi connectivity index (χ3n) is 3.55. The number of anilines is 1. The van der Waals surface area contributed by atoms with Crippen LogP contribution in [0, 0.1) is 6.92 Å². The summed E-state index contributed by atoms with van der Waals surface area (Å²) in [7, 11) is 1.82. The summed E-state index contributed by atoms with van der Waals surface area (Å²) in [5.74, 6) is 0. The van der Waals surface area contributed by atoms with Gasteiger partial charge in [-0.15, -0.1) is 0 Å². The van der Waals surface area contributed by atoms with E-state index in [2.05, 4.69) is 46.4 Å². The number of ether oxygens (including phenoxy) is 1. The lowest BCUT2D eigenvalue weighted by atomic mass is 9.92.